The first-order valence-electron chi connectivity index (χ1n) is 11.9. The molecule has 1 saturated heterocycles. The number of ketones is 1. The number of amides is 2. The van der Waals surface area contributed by atoms with E-state index in [-0.39, 0.29) is 42.3 Å². The van der Waals surface area contributed by atoms with Gasteiger partial charge in [-0.1, -0.05) is 11.6 Å². The van der Waals surface area contributed by atoms with Crippen molar-refractivity contribution in [3.8, 4) is 0 Å². The van der Waals surface area contributed by atoms with Crippen LogP contribution >= 0.6 is 11.6 Å². The number of anilines is 3. The molecule has 1 aliphatic heterocycles. The molecule has 1 aliphatic carbocycles. The molecule has 3 heterocycles. The molecule has 3 aromatic rings. The van der Waals surface area contributed by atoms with Crippen molar-refractivity contribution in [1.29, 1.82) is 0 Å². The van der Waals surface area contributed by atoms with Gasteiger partial charge in [-0.05, 0) is 44.0 Å². The Hall–Kier alpha value is -3.83. The molecule has 10 nitrogen and oxygen atoms in total. The standard InChI is InChI=1S/C25H25ClFN7O3/c1-13(28)20(35)6-7-33-23(36)9-14(25(33)37)8-15-12-29-34-22(30-17-3-4-17)11-21(32-24(15)34)31-19-10-16(26)2-5-18(19)27/h2,5,8,10-13,17,30H,3-4,6-7,9,28H2,1H3,(H,31,32)/b14-8+. The van der Waals surface area contributed by atoms with Gasteiger partial charge >= 0.3 is 0 Å². The van der Waals surface area contributed by atoms with E-state index in [0.717, 1.165) is 17.7 Å². The first-order valence-corrected chi connectivity index (χ1v) is 12.3. The number of Topliss-reactive ketones (excluding diaryl/α,β-unsaturated/α-hetero) is 1. The molecule has 2 aliphatic rings. The smallest absolute Gasteiger partial charge is 0.256 e. The van der Waals surface area contributed by atoms with Crippen molar-refractivity contribution in [2.75, 3.05) is 17.2 Å². The van der Waals surface area contributed by atoms with Gasteiger partial charge in [-0.15, -0.1) is 0 Å². The number of fused-ring (bicyclic) bond motifs is 1. The van der Waals surface area contributed by atoms with Crippen LogP contribution in [0.2, 0.25) is 5.02 Å². The second-order valence-corrected chi connectivity index (χ2v) is 9.67. The Morgan fingerprint density at radius 3 is 2.84 bits per heavy atom. The van der Waals surface area contributed by atoms with Crippen molar-refractivity contribution in [1.82, 2.24) is 19.5 Å². The molecule has 1 unspecified atom stereocenters. The molecule has 1 aromatic carbocycles. The summed E-state index contributed by atoms with van der Waals surface area (Å²) in [6.45, 7) is 1.55. The molecule has 5 rings (SSSR count). The number of hydrogen-bond acceptors (Lipinski definition) is 8. The van der Waals surface area contributed by atoms with Gasteiger partial charge in [0.25, 0.3) is 5.91 Å². The van der Waals surface area contributed by atoms with Crippen LogP contribution in [0.15, 0.2) is 36.0 Å². The van der Waals surface area contributed by atoms with Crippen molar-refractivity contribution in [2.24, 2.45) is 5.73 Å². The summed E-state index contributed by atoms with van der Waals surface area (Å²) in [5.74, 6) is -0.566. The third kappa shape index (κ3) is 5.32. The number of nitrogens with two attached hydrogens (primary N) is 1. The monoisotopic (exact) mass is 525 g/mol. The summed E-state index contributed by atoms with van der Waals surface area (Å²) in [5, 5.41) is 11.1. The molecule has 2 fully saturated rings. The molecule has 1 saturated carbocycles. The lowest BCUT2D eigenvalue weighted by molar-refractivity contribution is -0.137. The Balaban J connectivity index is 1.47. The van der Waals surface area contributed by atoms with E-state index in [1.807, 2.05) is 0 Å². The lowest BCUT2D eigenvalue weighted by Crippen LogP contribution is -2.35. The average Bonchev–Trinajstić information content (AvgIpc) is 3.52. The highest BCUT2D eigenvalue weighted by Crippen LogP contribution is 2.30. The molecule has 4 N–H and O–H groups in total. The summed E-state index contributed by atoms with van der Waals surface area (Å²) in [7, 11) is 0. The number of carbonyl (C=O) groups is 3. The number of carbonyl (C=O) groups excluding carboxylic acids is 3. The topological polar surface area (TPSA) is 135 Å². The normalized spacial score (nSPS) is 17.6. The molecular weight excluding hydrogens is 501 g/mol. The summed E-state index contributed by atoms with van der Waals surface area (Å²) in [5.41, 5.74) is 6.93. The van der Waals surface area contributed by atoms with Crippen LogP contribution in [0.5, 0.6) is 0 Å². The third-order valence-electron chi connectivity index (χ3n) is 6.20. The van der Waals surface area contributed by atoms with Gasteiger partial charge in [-0.3, -0.25) is 19.3 Å². The molecule has 0 bridgehead atoms. The molecule has 0 radical (unpaired) electrons. The van der Waals surface area contributed by atoms with E-state index in [1.54, 1.807) is 29.8 Å². The van der Waals surface area contributed by atoms with E-state index in [1.165, 1.54) is 18.2 Å². The third-order valence-corrected chi connectivity index (χ3v) is 6.44. The minimum absolute atomic E-state index is 0.00594. The van der Waals surface area contributed by atoms with Crippen LogP contribution in [0.1, 0.15) is 38.2 Å². The van der Waals surface area contributed by atoms with E-state index in [0.29, 0.717) is 33.9 Å². The number of imide groups is 1. The lowest BCUT2D eigenvalue weighted by atomic mass is 10.1. The minimum atomic E-state index is -0.658. The number of nitrogens with one attached hydrogen (secondary N) is 2. The number of hydrogen-bond donors (Lipinski definition) is 3. The Morgan fingerprint density at radius 2 is 2.11 bits per heavy atom. The number of nitrogens with zero attached hydrogens (tertiary/aromatic N) is 4. The molecule has 2 amide bonds. The molecule has 2 aromatic heterocycles. The van der Waals surface area contributed by atoms with Crippen LogP contribution in [0.25, 0.3) is 11.7 Å². The van der Waals surface area contributed by atoms with E-state index < -0.39 is 17.8 Å². The maximum atomic E-state index is 14.4. The Bertz CT molecular complexity index is 1450. The molecule has 0 spiro atoms. The van der Waals surface area contributed by atoms with Gasteiger partial charge in [0.05, 0.1) is 24.3 Å². The SMILES string of the molecule is CC(N)C(=O)CCN1C(=O)C/C(=C\c2cnn3c(NC4CC4)cc(Nc4cc(Cl)ccc4F)nc23)C1=O. The summed E-state index contributed by atoms with van der Waals surface area (Å²) < 4.78 is 16.0. The number of likely N-dealkylation sites (tertiary alicyclic amines) is 1. The second-order valence-electron chi connectivity index (χ2n) is 9.23. The maximum Gasteiger partial charge on any atom is 0.256 e. The largest absolute Gasteiger partial charge is 0.367 e. The predicted octanol–water partition coefficient (Wildman–Crippen LogP) is 3.29. The number of rotatable bonds is 9. The van der Waals surface area contributed by atoms with E-state index in [4.69, 9.17) is 17.3 Å². The van der Waals surface area contributed by atoms with Crippen LogP contribution in [-0.2, 0) is 14.4 Å². The van der Waals surface area contributed by atoms with Crippen molar-refractivity contribution >= 4 is 58.2 Å². The summed E-state index contributed by atoms with van der Waals surface area (Å²) >= 11 is 6.03. The van der Waals surface area contributed by atoms with Gasteiger partial charge in [-0.2, -0.15) is 9.61 Å². The zero-order chi connectivity index (χ0) is 26.3. The Kier molecular flexibility index (Phi) is 6.65. The highest BCUT2D eigenvalue weighted by molar-refractivity contribution is 6.30. The second kappa shape index (κ2) is 9.91. The fourth-order valence-electron chi connectivity index (χ4n) is 4.01. The number of aromatic nitrogens is 3. The van der Waals surface area contributed by atoms with E-state index in [9.17, 15) is 18.8 Å². The van der Waals surface area contributed by atoms with Crippen molar-refractivity contribution in [3.05, 3.63) is 52.4 Å². The molecule has 12 heteroatoms. The van der Waals surface area contributed by atoms with Crippen LogP contribution in [0.4, 0.5) is 21.7 Å². The van der Waals surface area contributed by atoms with Crippen molar-refractivity contribution in [3.63, 3.8) is 0 Å². The number of halogens is 2. The summed E-state index contributed by atoms with van der Waals surface area (Å²) in [6.07, 6.45) is 5.08. The fraction of sp³-hybridized carbons (Fsp3) is 0.320. The van der Waals surface area contributed by atoms with Crippen LogP contribution in [0.3, 0.4) is 0 Å². The van der Waals surface area contributed by atoms with E-state index >= 15 is 0 Å². The van der Waals surface area contributed by atoms with Crippen LogP contribution < -0.4 is 16.4 Å². The first kappa shape index (κ1) is 24.8. The van der Waals surface area contributed by atoms with Gasteiger partial charge in [0.15, 0.2) is 11.4 Å². The van der Waals surface area contributed by atoms with E-state index in [2.05, 4.69) is 20.7 Å². The van der Waals surface area contributed by atoms with Gasteiger partial charge in [0.2, 0.25) is 5.91 Å². The quantitative estimate of drug-likeness (QED) is 0.286. The van der Waals surface area contributed by atoms with Crippen LogP contribution in [0, 0.1) is 5.82 Å². The number of benzene rings is 1. The summed E-state index contributed by atoms with van der Waals surface area (Å²) in [6, 6.07) is 5.54. The zero-order valence-electron chi connectivity index (χ0n) is 20.0. The van der Waals surface area contributed by atoms with Crippen LogP contribution in [-0.4, -0.2) is 55.7 Å². The predicted molar refractivity (Wildman–Crippen MR) is 137 cm³/mol. The van der Waals surface area contributed by atoms with Gasteiger partial charge in [0.1, 0.15) is 17.5 Å². The van der Waals surface area contributed by atoms with Gasteiger partial charge in [0, 0.05) is 41.2 Å². The highest BCUT2D eigenvalue weighted by atomic mass is 35.5. The average molecular weight is 526 g/mol. The molecule has 192 valence electrons. The van der Waals surface area contributed by atoms with Gasteiger partial charge in [-0.25, -0.2) is 9.37 Å². The Morgan fingerprint density at radius 1 is 1.32 bits per heavy atom. The van der Waals surface area contributed by atoms with Crippen molar-refractivity contribution in [2.45, 2.75) is 44.7 Å². The lowest BCUT2D eigenvalue weighted by Gasteiger charge is -2.13. The molecular formula is C25H25ClFN7O3. The first-order chi connectivity index (χ1) is 17.7. The molecule has 1 atom stereocenters. The van der Waals surface area contributed by atoms with Crippen molar-refractivity contribution < 1.29 is 18.8 Å². The summed E-state index contributed by atoms with van der Waals surface area (Å²) in [4.78, 5) is 42.9. The molecule has 37 heavy (non-hydrogen) atoms. The fourth-order valence-corrected chi connectivity index (χ4v) is 4.19. The zero-order valence-corrected chi connectivity index (χ0v) is 20.8. The van der Waals surface area contributed by atoms with Gasteiger partial charge < -0.3 is 16.4 Å². The maximum absolute atomic E-state index is 14.4. The minimum Gasteiger partial charge on any atom is -0.367 e. The highest BCUT2D eigenvalue weighted by Gasteiger charge is 2.34. The Labute approximate surface area is 216 Å².